The molecule has 0 aliphatic carbocycles. The lowest BCUT2D eigenvalue weighted by Crippen LogP contribution is -1.88. The van der Waals surface area contributed by atoms with E-state index in [-0.39, 0.29) is 0 Å². The predicted molar refractivity (Wildman–Crippen MR) is 58.2 cm³/mol. The predicted octanol–water partition coefficient (Wildman–Crippen LogP) is 3.45. The van der Waals surface area contributed by atoms with Crippen molar-refractivity contribution >= 4 is 0 Å². The van der Waals surface area contributed by atoms with Crippen molar-refractivity contribution in [3.63, 3.8) is 0 Å². The van der Waals surface area contributed by atoms with Crippen LogP contribution in [0.5, 0.6) is 5.88 Å². The van der Waals surface area contributed by atoms with Crippen LogP contribution < -0.4 is 4.74 Å². The second-order valence-corrected chi connectivity index (χ2v) is 1.83. The van der Waals surface area contributed by atoms with Gasteiger partial charge in [0.05, 0.1) is 7.11 Å². The number of ether oxygens (including phenoxy) is 1. The minimum atomic E-state index is 0.706. The molecule has 0 radical (unpaired) electrons. The molecule has 0 N–H and O–H groups in total. The van der Waals surface area contributed by atoms with E-state index in [0.717, 1.165) is 5.56 Å². The highest BCUT2D eigenvalue weighted by atomic mass is 16.5. The third-order valence-electron chi connectivity index (χ3n) is 1.15. The van der Waals surface area contributed by atoms with Gasteiger partial charge >= 0.3 is 0 Å². The lowest BCUT2D eigenvalue weighted by Gasteiger charge is -1.99. The van der Waals surface area contributed by atoms with Gasteiger partial charge in [0.25, 0.3) is 0 Å². The number of rotatable bonds is 1. The van der Waals surface area contributed by atoms with Gasteiger partial charge in [0.1, 0.15) is 0 Å². The van der Waals surface area contributed by atoms with Crippen LogP contribution >= 0.6 is 0 Å². The largest absolute Gasteiger partial charge is 0.481 e. The highest BCUT2D eigenvalue weighted by Crippen LogP contribution is 2.09. The standard InChI is InChI=1S/C7H9NO.2C2H6/c1-6-4-3-5-8-7(6)9-2;2*1-2/h3-5H,1-2H3;2*1-2H3. The number of aryl methyl sites for hydroxylation is 1. The Morgan fingerprint density at radius 2 is 1.69 bits per heavy atom. The highest BCUT2D eigenvalue weighted by molar-refractivity contribution is 5.22. The molecule has 1 aromatic heterocycles. The van der Waals surface area contributed by atoms with Gasteiger partial charge < -0.3 is 4.74 Å². The first kappa shape index (κ1) is 14.5. The van der Waals surface area contributed by atoms with Crippen molar-refractivity contribution in [3.05, 3.63) is 23.9 Å². The van der Waals surface area contributed by atoms with Crippen LogP contribution in [-0.2, 0) is 0 Å². The number of pyridine rings is 1. The molecule has 13 heavy (non-hydrogen) atoms. The maximum Gasteiger partial charge on any atom is 0.215 e. The number of nitrogens with zero attached hydrogens (tertiary/aromatic N) is 1. The lowest BCUT2D eigenvalue weighted by atomic mass is 10.3. The molecule has 0 bridgehead atoms. The third-order valence-corrected chi connectivity index (χ3v) is 1.15. The summed E-state index contributed by atoms with van der Waals surface area (Å²) in [4.78, 5) is 3.97. The Morgan fingerprint density at radius 3 is 2.00 bits per heavy atom. The molecule has 0 fully saturated rings. The first-order valence-electron chi connectivity index (χ1n) is 4.80. The van der Waals surface area contributed by atoms with E-state index in [4.69, 9.17) is 4.74 Å². The molecule has 1 aromatic rings. The Balaban J connectivity index is 0. The second kappa shape index (κ2) is 11.0. The Bertz CT molecular complexity index is 199. The van der Waals surface area contributed by atoms with E-state index in [1.54, 1.807) is 13.3 Å². The Morgan fingerprint density at radius 1 is 1.15 bits per heavy atom. The van der Waals surface area contributed by atoms with Gasteiger partial charge in [-0.3, -0.25) is 0 Å². The molecule has 0 aliphatic heterocycles. The summed E-state index contributed by atoms with van der Waals surface area (Å²) in [6.45, 7) is 9.96. The molecule has 1 heterocycles. The molecule has 2 heteroatoms. The van der Waals surface area contributed by atoms with Gasteiger partial charge in [-0.2, -0.15) is 0 Å². The maximum atomic E-state index is 4.93. The SMILES string of the molecule is CC.CC.COc1ncccc1C. The summed E-state index contributed by atoms with van der Waals surface area (Å²) < 4.78 is 4.93. The van der Waals surface area contributed by atoms with Gasteiger partial charge in [-0.1, -0.05) is 33.8 Å². The van der Waals surface area contributed by atoms with Crippen molar-refractivity contribution in [2.75, 3.05) is 7.11 Å². The van der Waals surface area contributed by atoms with Crippen LogP contribution in [0.3, 0.4) is 0 Å². The fourth-order valence-corrected chi connectivity index (χ4v) is 0.685. The van der Waals surface area contributed by atoms with E-state index in [0.29, 0.717) is 5.88 Å². The van der Waals surface area contributed by atoms with Crippen LogP contribution in [0.4, 0.5) is 0 Å². The molecule has 2 nitrogen and oxygen atoms in total. The van der Waals surface area contributed by atoms with Gasteiger partial charge in [0.2, 0.25) is 5.88 Å². The summed E-state index contributed by atoms with van der Waals surface area (Å²) in [5.41, 5.74) is 1.07. The molecule has 0 spiro atoms. The van der Waals surface area contributed by atoms with Crippen LogP contribution in [0, 0.1) is 6.92 Å². The van der Waals surface area contributed by atoms with Gasteiger partial charge in [-0.05, 0) is 13.0 Å². The smallest absolute Gasteiger partial charge is 0.215 e. The molecule has 1 rings (SSSR count). The quantitative estimate of drug-likeness (QED) is 0.665. The average Bonchev–Trinajstić information content (AvgIpc) is 2.24. The third kappa shape index (κ3) is 6.14. The van der Waals surface area contributed by atoms with Crippen LogP contribution in [0.15, 0.2) is 18.3 Å². The molecule has 0 saturated carbocycles. The van der Waals surface area contributed by atoms with Gasteiger partial charge in [0.15, 0.2) is 0 Å². The lowest BCUT2D eigenvalue weighted by molar-refractivity contribution is 0.394. The van der Waals surface area contributed by atoms with Crippen molar-refractivity contribution < 1.29 is 4.74 Å². The molecule has 0 atom stereocenters. The average molecular weight is 183 g/mol. The van der Waals surface area contributed by atoms with Crippen LogP contribution in [0.25, 0.3) is 0 Å². The Hall–Kier alpha value is -1.05. The fourth-order valence-electron chi connectivity index (χ4n) is 0.685. The van der Waals surface area contributed by atoms with E-state index in [2.05, 4.69) is 4.98 Å². The monoisotopic (exact) mass is 183 g/mol. The van der Waals surface area contributed by atoms with E-state index in [9.17, 15) is 0 Å². The normalized spacial score (nSPS) is 7.23. The summed E-state index contributed by atoms with van der Waals surface area (Å²) in [5.74, 6) is 0.706. The van der Waals surface area contributed by atoms with Crippen molar-refractivity contribution in [2.24, 2.45) is 0 Å². The zero-order chi connectivity index (χ0) is 10.7. The van der Waals surface area contributed by atoms with Gasteiger partial charge in [-0.25, -0.2) is 4.98 Å². The summed E-state index contributed by atoms with van der Waals surface area (Å²) in [6.07, 6.45) is 1.71. The van der Waals surface area contributed by atoms with E-state index < -0.39 is 0 Å². The molecule has 0 amide bonds. The number of hydrogen-bond donors (Lipinski definition) is 0. The molecule has 76 valence electrons. The molecule has 0 unspecified atom stereocenters. The zero-order valence-corrected chi connectivity index (χ0v) is 9.59. The van der Waals surface area contributed by atoms with Crippen molar-refractivity contribution in [1.29, 1.82) is 0 Å². The number of methoxy groups -OCH3 is 1. The van der Waals surface area contributed by atoms with Crippen LogP contribution in [0.2, 0.25) is 0 Å². The summed E-state index contributed by atoms with van der Waals surface area (Å²) >= 11 is 0. The second-order valence-electron chi connectivity index (χ2n) is 1.83. The van der Waals surface area contributed by atoms with E-state index >= 15 is 0 Å². The molecular formula is C11H21NO. The topological polar surface area (TPSA) is 22.1 Å². The van der Waals surface area contributed by atoms with E-state index in [1.807, 2.05) is 46.8 Å². The van der Waals surface area contributed by atoms with E-state index in [1.165, 1.54) is 0 Å². The number of hydrogen-bond acceptors (Lipinski definition) is 2. The van der Waals surface area contributed by atoms with Crippen LogP contribution in [0.1, 0.15) is 33.3 Å². The Kier molecular flexibility index (Phi) is 12.2. The minimum absolute atomic E-state index is 0.706. The fraction of sp³-hybridized carbons (Fsp3) is 0.545. The molecule has 0 aromatic carbocycles. The first-order valence-corrected chi connectivity index (χ1v) is 4.80. The molecule has 0 aliphatic rings. The van der Waals surface area contributed by atoms with Crippen molar-refractivity contribution in [2.45, 2.75) is 34.6 Å². The van der Waals surface area contributed by atoms with Crippen LogP contribution in [-0.4, -0.2) is 12.1 Å². The molecular weight excluding hydrogens is 162 g/mol. The Labute approximate surface area is 82.0 Å². The summed E-state index contributed by atoms with van der Waals surface area (Å²) in [7, 11) is 1.62. The van der Waals surface area contributed by atoms with Gasteiger partial charge in [-0.15, -0.1) is 0 Å². The molecule has 0 saturated heterocycles. The summed E-state index contributed by atoms with van der Waals surface area (Å²) in [6, 6.07) is 3.85. The summed E-state index contributed by atoms with van der Waals surface area (Å²) in [5, 5.41) is 0. The number of aromatic nitrogens is 1. The highest BCUT2D eigenvalue weighted by Gasteiger charge is 1.92. The zero-order valence-electron chi connectivity index (χ0n) is 9.59. The minimum Gasteiger partial charge on any atom is -0.481 e. The van der Waals surface area contributed by atoms with Crippen molar-refractivity contribution in [1.82, 2.24) is 4.98 Å². The first-order chi connectivity index (χ1) is 6.34. The van der Waals surface area contributed by atoms with Gasteiger partial charge in [0, 0.05) is 11.8 Å². The maximum absolute atomic E-state index is 4.93. The van der Waals surface area contributed by atoms with Crippen molar-refractivity contribution in [3.8, 4) is 5.88 Å².